The second-order valence-electron chi connectivity index (χ2n) is 5.61. The summed E-state index contributed by atoms with van der Waals surface area (Å²) in [6.07, 6.45) is 0.911. The molecule has 2 aromatic heterocycles. The highest BCUT2D eigenvalue weighted by atomic mass is 35.5. The average molecular weight is 325 g/mol. The Morgan fingerprint density at radius 2 is 2.00 bits per heavy atom. The summed E-state index contributed by atoms with van der Waals surface area (Å²) < 4.78 is 0. The molecule has 116 valence electrons. The maximum atomic E-state index is 6.21. The quantitative estimate of drug-likeness (QED) is 0.491. The third-order valence-corrected chi connectivity index (χ3v) is 4.31. The van der Waals surface area contributed by atoms with Gasteiger partial charge in [0, 0.05) is 27.9 Å². The molecule has 0 bridgehead atoms. The molecule has 0 aliphatic heterocycles. The van der Waals surface area contributed by atoms with Crippen LogP contribution in [0.15, 0.2) is 42.5 Å². The smallest absolute Gasteiger partial charge is 0.141 e. The molecule has 0 unspecified atom stereocenters. The average Bonchev–Trinajstić information content (AvgIpc) is 2.93. The fraction of sp³-hybridized carbons (Fsp3) is 0.167. The van der Waals surface area contributed by atoms with Crippen LogP contribution in [0.3, 0.4) is 0 Å². The Labute approximate surface area is 138 Å². The number of nitrogens with one attached hydrogen (secondary N) is 2. The lowest BCUT2D eigenvalue weighted by atomic mass is 10.1. The molecule has 0 aliphatic carbocycles. The SMILES string of the molecule is NCCCNc1c2cc(Cl)ccc2nc2[nH]c3ccccc3c12. The lowest BCUT2D eigenvalue weighted by Gasteiger charge is -2.11. The van der Waals surface area contributed by atoms with E-state index in [-0.39, 0.29) is 0 Å². The van der Waals surface area contributed by atoms with Gasteiger partial charge in [-0.1, -0.05) is 29.8 Å². The van der Waals surface area contributed by atoms with E-state index in [1.54, 1.807) is 0 Å². The van der Waals surface area contributed by atoms with Crippen LogP contribution in [0.4, 0.5) is 5.69 Å². The lowest BCUT2D eigenvalue weighted by Crippen LogP contribution is -2.09. The molecule has 0 saturated carbocycles. The van der Waals surface area contributed by atoms with Gasteiger partial charge >= 0.3 is 0 Å². The van der Waals surface area contributed by atoms with Crippen molar-refractivity contribution in [2.45, 2.75) is 6.42 Å². The Bertz CT molecular complexity index is 1010. The fourth-order valence-corrected chi connectivity index (χ4v) is 3.20. The standard InChI is InChI=1S/C18H17ClN4/c19-11-6-7-15-13(10-11)17(21-9-3-8-20)16-12-4-1-2-5-14(12)22-18(16)23-15/h1-2,4-7,10H,3,8-9,20H2,(H2,21,22,23). The molecule has 0 radical (unpaired) electrons. The largest absolute Gasteiger partial charge is 0.384 e. The third-order valence-electron chi connectivity index (χ3n) is 4.08. The van der Waals surface area contributed by atoms with Gasteiger partial charge in [0.15, 0.2) is 0 Å². The molecule has 0 aliphatic rings. The summed E-state index contributed by atoms with van der Waals surface area (Å²) in [7, 11) is 0. The molecule has 0 spiro atoms. The summed E-state index contributed by atoms with van der Waals surface area (Å²) in [6.45, 7) is 1.48. The van der Waals surface area contributed by atoms with E-state index in [0.717, 1.165) is 51.5 Å². The minimum Gasteiger partial charge on any atom is -0.384 e. The highest BCUT2D eigenvalue weighted by Crippen LogP contribution is 2.36. The molecule has 23 heavy (non-hydrogen) atoms. The minimum atomic E-state index is 0.661. The summed E-state index contributed by atoms with van der Waals surface area (Å²) in [4.78, 5) is 8.17. The van der Waals surface area contributed by atoms with Gasteiger partial charge in [0.2, 0.25) is 0 Å². The van der Waals surface area contributed by atoms with E-state index in [4.69, 9.17) is 22.3 Å². The van der Waals surface area contributed by atoms with Gasteiger partial charge in [-0.15, -0.1) is 0 Å². The van der Waals surface area contributed by atoms with Crippen molar-refractivity contribution in [2.24, 2.45) is 5.73 Å². The van der Waals surface area contributed by atoms with E-state index < -0.39 is 0 Å². The number of para-hydroxylation sites is 1. The van der Waals surface area contributed by atoms with E-state index in [1.807, 2.05) is 30.3 Å². The van der Waals surface area contributed by atoms with Crippen LogP contribution in [0.1, 0.15) is 6.42 Å². The summed E-state index contributed by atoms with van der Waals surface area (Å²) in [5.41, 5.74) is 9.59. The van der Waals surface area contributed by atoms with Crippen LogP contribution in [0.5, 0.6) is 0 Å². The molecule has 4 rings (SSSR count). The predicted octanol–water partition coefficient (Wildman–Crippen LogP) is 4.28. The number of hydrogen-bond donors (Lipinski definition) is 3. The van der Waals surface area contributed by atoms with Crippen LogP contribution in [-0.4, -0.2) is 23.1 Å². The monoisotopic (exact) mass is 324 g/mol. The third kappa shape index (κ3) is 2.40. The summed E-state index contributed by atoms with van der Waals surface area (Å²) >= 11 is 6.21. The zero-order valence-corrected chi connectivity index (χ0v) is 13.3. The number of pyridine rings is 1. The number of hydrogen-bond acceptors (Lipinski definition) is 3. The molecule has 4 nitrogen and oxygen atoms in total. The molecule has 0 saturated heterocycles. The molecule has 4 N–H and O–H groups in total. The number of H-pyrrole nitrogens is 1. The first-order chi connectivity index (χ1) is 11.3. The minimum absolute atomic E-state index is 0.661. The van der Waals surface area contributed by atoms with Crippen molar-refractivity contribution in [3.63, 3.8) is 0 Å². The van der Waals surface area contributed by atoms with Crippen molar-refractivity contribution >= 4 is 50.1 Å². The van der Waals surface area contributed by atoms with Crippen molar-refractivity contribution < 1.29 is 0 Å². The molecule has 0 amide bonds. The van der Waals surface area contributed by atoms with Gasteiger partial charge in [-0.25, -0.2) is 4.98 Å². The van der Waals surface area contributed by atoms with E-state index in [2.05, 4.69) is 22.4 Å². The van der Waals surface area contributed by atoms with Gasteiger partial charge in [-0.3, -0.25) is 0 Å². The van der Waals surface area contributed by atoms with Gasteiger partial charge in [0.1, 0.15) is 5.65 Å². The van der Waals surface area contributed by atoms with Gasteiger partial charge in [-0.05, 0) is 37.2 Å². The van der Waals surface area contributed by atoms with Crippen LogP contribution in [-0.2, 0) is 0 Å². The van der Waals surface area contributed by atoms with Crippen molar-refractivity contribution in [3.05, 3.63) is 47.5 Å². The zero-order chi connectivity index (χ0) is 15.8. The first-order valence-electron chi connectivity index (χ1n) is 7.71. The molecular formula is C18H17ClN4. The van der Waals surface area contributed by atoms with Crippen molar-refractivity contribution in [1.82, 2.24) is 9.97 Å². The number of benzene rings is 2. The zero-order valence-electron chi connectivity index (χ0n) is 12.6. The Kier molecular flexibility index (Phi) is 3.56. The van der Waals surface area contributed by atoms with Crippen LogP contribution >= 0.6 is 11.6 Å². The number of aromatic nitrogens is 2. The molecule has 0 fully saturated rings. The lowest BCUT2D eigenvalue weighted by molar-refractivity contribution is 0.876. The summed E-state index contributed by atoms with van der Waals surface area (Å²) in [6, 6.07) is 14.0. The molecule has 0 atom stereocenters. The Morgan fingerprint density at radius 1 is 1.13 bits per heavy atom. The second-order valence-corrected chi connectivity index (χ2v) is 6.05. The van der Waals surface area contributed by atoms with Crippen LogP contribution in [0.25, 0.3) is 32.8 Å². The van der Waals surface area contributed by atoms with Crippen molar-refractivity contribution in [1.29, 1.82) is 0 Å². The number of aromatic amines is 1. The topological polar surface area (TPSA) is 66.7 Å². The van der Waals surface area contributed by atoms with Crippen LogP contribution < -0.4 is 11.1 Å². The second kappa shape index (κ2) is 5.72. The number of anilines is 1. The van der Waals surface area contributed by atoms with Gasteiger partial charge in [0.05, 0.1) is 16.6 Å². The van der Waals surface area contributed by atoms with Crippen LogP contribution in [0.2, 0.25) is 5.02 Å². The van der Waals surface area contributed by atoms with E-state index >= 15 is 0 Å². The number of fused-ring (bicyclic) bond motifs is 4. The van der Waals surface area contributed by atoms with Crippen LogP contribution in [0, 0.1) is 0 Å². The normalized spacial score (nSPS) is 11.6. The van der Waals surface area contributed by atoms with Crippen molar-refractivity contribution in [3.8, 4) is 0 Å². The maximum absolute atomic E-state index is 6.21. The molecular weight excluding hydrogens is 308 g/mol. The highest BCUT2D eigenvalue weighted by Gasteiger charge is 2.14. The van der Waals surface area contributed by atoms with Gasteiger partial charge in [-0.2, -0.15) is 0 Å². The summed E-state index contributed by atoms with van der Waals surface area (Å²) in [5.74, 6) is 0. The predicted molar refractivity (Wildman–Crippen MR) is 98.3 cm³/mol. The summed E-state index contributed by atoms with van der Waals surface area (Å²) in [5, 5.41) is 7.54. The number of nitrogens with two attached hydrogens (primary N) is 1. The van der Waals surface area contributed by atoms with E-state index in [9.17, 15) is 0 Å². The molecule has 4 aromatic rings. The first-order valence-corrected chi connectivity index (χ1v) is 8.09. The highest BCUT2D eigenvalue weighted by molar-refractivity contribution is 6.32. The molecule has 5 heteroatoms. The Morgan fingerprint density at radius 3 is 2.87 bits per heavy atom. The number of nitrogens with zero attached hydrogens (tertiary/aromatic N) is 1. The maximum Gasteiger partial charge on any atom is 0.141 e. The number of halogens is 1. The first kappa shape index (κ1) is 14.3. The number of rotatable bonds is 4. The van der Waals surface area contributed by atoms with E-state index in [1.165, 1.54) is 0 Å². The van der Waals surface area contributed by atoms with Crippen molar-refractivity contribution in [2.75, 3.05) is 18.4 Å². The molecule has 2 heterocycles. The Balaban J connectivity index is 2.08. The fourth-order valence-electron chi connectivity index (χ4n) is 3.02. The van der Waals surface area contributed by atoms with Gasteiger partial charge in [0.25, 0.3) is 0 Å². The Hall–Kier alpha value is -2.30. The van der Waals surface area contributed by atoms with E-state index in [0.29, 0.717) is 11.6 Å². The van der Waals surface area contributed by atoms with Gasteiger partial charge < -0.3 is 16.0 Å². The molecule has 2 aromatic carbocycles.